The van der Waals surface area contributed by atoms with Crippen LogP contribution in [0.25, 0.3) is 0 Å². The molecule has 0 unspecified atom stereocenters. The van der Waals surface area contributed by atoms with Crippen LogP contribution in [0, 0.1) is 0 Å². The smallest absolute Gasteiger partial charge is 0.406 e. The van der Waals surface area contributed by atoms with Crippen LogP contribution < -0.4 is 10.2 Å². The summed E-state index contributed by atoms with van der Waals surface area (Å²) < 4.78 is 39.8. The van der Waals surface area contributed by atoms with Crippen molar-refractivity contribution in [1.29, 1.82) is 0 Å². The molecule has 0 amide bonds. The molecule has 0 atom stereocenters. The Kier molecular flexibility index (Phi) is 3.98. The van der Waals surface area contributed by atoms with Crippen LogP contribution in [0.15, 0.2) is 34.4 Å². The standard InChI is InChI=1S/C11H10F3N3OS/c1-15-10-17-16-9(6-19-10)7-2-4-8(5-3-7)18-11(12,13)14/h2-5H,6H2,1H3,(H,15,17). The van der Waals surface area contributed by atoms with Crippen molar-refractivity contribution in [2.45, 2.75) is 6.36 Å². The van der Waals surface area contributed by atoms with E-state index in [9.17, 15) is 13.2 Å². The maximum atomic E-state index is 12.0. The van der Waals surface area contributed by atoms with Gasteiger partial charge in [-0.05, 0) is 29.8 Å². The first-order valence-electron chi connectivity index (χ1n) is 5.26. The lowest BCUT2D eigenvalue weighted by Gasteiger charge is -2.14. The Morgan fingerprint density at radius 3 is 2.47 bits per heavy atom. The minimum atomic E-state index is -4.67. The number of nitrogens with one attached hydrogen (secondary N) is 1. The second-order valence-electron chi connectivity index (χ2n) is 3.56. The number of amidine groups is 1. The molecule has 0 spiro atoms. The molecule has 8 heteroatoms. The third kappa shape index (κ3) is 3.88. The Morgan fingerprint density at radius 2 is 2.00 bits per heavy atom. The highest BCUT2D eigenvalue weighted by Crippen LogP contribution is 2.23. The molecule has 4 nitrogen and oxygen atoms in total. The summed E-state index contributed by atoms with van der Waals surface area (Å²) in [5, 5.41) is 4.82. The van der Waals surface area contributed by atoms with Crippen molar-refractivity contribution < 1.29 is 17.9 Å². The number of hydrazone groups is 1. The fourth-order valence-electron chi connectivity index (χ4n) is 1.43. The van der Waals surface area contributed by atoms with E-state index in [-0.39, 0.29) is 5.75 Å². The van der Waals surface area contributed by atoms with Crippen molar-refractivity contribution >= 4 is 22.6 Å². The summed E-state index contributed by atoms with van der Waals surface area (Å²) in [5.41, 5.74) is 4.25. The Hall–Kier alpha value is -1.70. The Bertz CT molecular complexity index is 511. The van der Waals surface area contributed by atoms with Crippen LogP contribution in [0.1, 0.15) is 5.56 Å². The van der Waals surface area contributed by atoms with E-state index in [1.54, 1.807) is 7.05 Å². The minimum Gasteiger partial charge on any atom is -0.406 e. The summed E-state index contributed by atoms with van der Waals surface area (Å²) in [6, 6.07) is 5.60. The molecule has 0 saturated carbocycles. The molecule has 2 rings (SSSR count). The van der Waals surface area contributed by atoms with Gasteiger partial charge < -0.3 is 4.74 Å². The van der Waals surface area contributed by atoms with Crippen LogP contribution >= 0.6 is 11.8 Å². The molecule has 19 heavy (non-hydrogen) atoms. The van der Waals surface area contributed by atoms with E-state index < -0.39 is 6.36 Å². The van der Waals surface area contributed by atoms with E-state index in [0.29, 0.717) is 10.9 Å². The van der Waals surface area contributed by atoms with Gasteiger partial charge in [0.05, 0.1) is 5.71 Å². The molecule has 0 bridgehead atoms. The van der Waals surface area contributed by atoms with Gasteiger partial charge in [-0.25, -0.2) is 0 Å². The van der Waals surface area contributed by atoms with Crippen LogP contribution in [0.3, 0.4) is 0 Å². The second-order valence-corrected chi connectivity index (χ2v) is 4.52. The van der Waals surface area contributed by atoms with Gasteiger partial charge in [-0.1, -0.05) is 11.8 Å². The predicted octanol–water partition coefficient (Wildman–Crippen LogP) is 2.61. The molecule has 1 aromatic rings. The third-order valence-electron chi connectivity index (χ3n) is 2.26. The Labute approximate surface area is 111 Å². The SMILES string of the molecule is CN=C1NN=C(c2ccc(OC(F)(F)F)cc2)CS1. The molecular formula is C11H10F3N3OS. The highest BCUT2D eigenvalue weighted by Gasteiger charge is 2.31. The van der Waals surface area contributed by atoms with E-state index in [4.69, 9.17) is 0 Å². The molecule has 0 radical (unpaired) electrons. The van der Waals surface area contributed by atoms with E-state index in [1.807, 2.05) is 0 Å². The number of nitrogens with zero attached hydrogens (tertiary/aromatic N) is 2. The van der Waals surface area contributed by atoms with E-state index >= 15 is 0 Å². The normalized spacial score (nSPS) is 17.9. The van der Waals surface area contributed by atoms with Crippen molar-refractivity contribution in [2.75, 3.05) is 12.8 Å². The average Bonchev–Trinajstić information content (AvgIpc) is 2.38. The minimum absolute atomic E-state index is 0.246. The number of ether oxygens (including phenoxy) is 1. The zero-order valence-electron chi connectivity index (χ0n) is 9.86. The zero-order valence-corrected chi connectivity index (χ0v) is 10.7. The van der Waals surface area contributed by atoms with E-state index in [0.717, 1.165) is 11.3 Å². The van der Waals surface area contributed by atoms with Crippen LogP contribution in [0.4, 0.5) is 13.2 Å². The Morgan fingerprint density at radius 1 is 1.32 bits per heavy atom. The highest BCUT2D eigenvalue weighted by atomic mass is 32.2. The van der Waals surface area contributed by atoms with Crippen LogP contribution in [-0.2, 0) is 0 Å². The highest BCUT2D eigenvalue weighted by molar-refractivity contribution is 8.14. The molecule has 1 N–H and O–H groups in total. The quantitative estimate of drug-likeness (QED) is 0.910. The van der Waals surface area contributed by atoms with Crippen LogP contribution in [-0.4, -0.2) is 30.0 Å². The fraction of sp³-hybridized carbons (Fsp3) is 0.273. The molecular weight excluding hydrogens is 279 g/mol. The van der Waals surface area contributed by atoms with Gasteiger partial charge in [0.15, 0.2) is 5.17 Å². The number of hydrogen-bond donors (Lipinski definition) is 1. The number of halogens is 3. The van der Waals surface area contributed by atoms with E-state index in [1.165, 1.54) is 36.0 Å². The van der Waals surface area contributed by atoms with Gasteiger partial charge in [0, 0.05) is 12.8 Å². The first kappa shape index (κ1) is 13.7. The summed E-state index contributed by atoms with van der Waals surface area (Å²) in [6.07, 6.45) is -4.67. The van der Waals surface area contributed by atoms with Gasteiger partial charge >= 0.3 is 6.36 Å². The largest absolute Gasteiger partial charge is 0.573 e. The third-order valence-corrected chi connectivity index (χ3v) is 3.22. The van der Waals surface area contributed by atoms with Gasteiger partial charge in [0.2, 0.25) is 0 Å². The van der Waals surface area contributed by atoms with Gasteiger partial charge in [0.25, 0.3) is 0 Å². The lowest BCUT2D eigenvalue weighted by molar-refractivity contribution is -0.274. The first-order valence-corrected chi connectivity index (χ1v) is 6.25. The van der Waals surface area contributed by atoms with Crippen molar-refractivity contribution in [3.05, 3.63) is 29.8 Å². The van der Waals surface area contributed by atoms with Crippen molar-refractivity contribution in [3.8, 4) is 5.75 Å². The monoisotopic (exact) mass is 289 g/mol. The molecule has 102 valence electrons. The van der Waals surface area contributed by atoms with Crippen LogP contribution in [0.2, 0.25) is 0 Å². The van der Waals surface area contributed by atoms with Crippen molar-refractivity contribution in [3.63, 3.8) is 0 Å². The topological polar surface area (TPSA) is 46.0 Å². The summed E-state index contributed by atoms with van der Waals surface area (Å²) in [5.74, 6) is 0.364. The summed E-state index contributed by atoms with van der Waals surface area (Å²) in [7, 11) is 1.65. The molecule has 1 aliphatic rings. The van der Waals surface area contributed by atoms with Crippen molar-refractivity contribution in [2.24, 2.45) is 10.1 Å². The second kappa shape index (κ2) is 5.52. The maximum Gasteiger partial charge on any atom is 0.573 e. The van der Waals surface area contributed by atoms with Crippen molar-refractivity contribution in [1.82, 2.24) is 5.43 Å². The lowest BCUT2D eigenvalue weighted by atomic mass is 10.1. The summed E-state index contributed by atoms with van der Waals surface area (Å²) in [6.45, 7) is 0. The number of thioether (sulfide) groups is 1. The molecule has 1 heterocycles. The number of hydrogen-bond acceptors (Lipinski definition) is 4. The number of rotatable bonds is 2. The molecule has 0 fully saturated rings. The summed E-state index contributed by atoms with van der Waals surface area (Å²) in [4.78, 5) is 3.95. The van der Waals surface area contributed by atoms with Gasteiger partial charge in [-0.2, -0.15) is 5.10 Å². The van der Waals surface area contributed by atoms with Gasteiger partial charge in [-0.15, -0.1) is 13.2 Å². The number of benzene rings is 1. The van der Waals surface area contributed by atoms with Gasteiger partial charge in [-0.3, -0.25) is 10.4 Å². The Balaban J connectivity index is 2.09. The molecule has 1 aliphatic heterocycles. The lowest BCUT2D eigenvalue weighted by Crippen LogP contribution is -2.25. The fourth-order valence-corrected chi connectivity index (χ4v) is 2.17. The molecule has 1 aromatic carbocycles. The average molecular weight is 289 g/mol. The first-order chi connectivity index (χ1) is 8.98. The zero-order chi connectivity index (χ0) is 13.9. The van der Waals surface area contributed by atoms with Gasteiger partial charge in [0.1, 0.15) is 5.75 Å². The molecule has 0 aromatic heterocycles. The number of alkyl halides is 3. The molecule has 0 aliphatic carbocycles. The predicted molar refractivity (Wildman–Crippen MR) is 68.6 cm³/mol. The number of aliphatic imine (C=N–C) groups is 1. The molecule has 0 saturated heterocycles. The van der Waals surface area contributed by atoms with Crippen LogP contribution in [0.5, 0.6) is 5.75 Å². The summed E-state index contributed by atoms with van der Waals surface area (Å²) >= 11 is 1.48. The maximum absolute atomic E-state index is 12.0. The van der Waals surface area contributed by atoms with E-state index in [2.05, 4.69) is 20.3 Å².